The Kier molecular flexibility index (Phi) is 2.55. The molecule has 0 unspecified atom stereocenters. The summed E-state index contributed by atoms with van der Waals surface area (Å²) in [6, 6.07) is 0. The fourth-order valence-electron chi connectivity index (χ4n) is 1.02. The summed E-state index contributed by atoms with van der Waals surface area (Å²) in [4.78, 5) is 13.9. The van der Waals surface area contributed by atoms with E-state index >= 15 is 0 Å². The molecule has 5 heteroatoms. The number of carboxylic acids is 1. The van der Waals surface area contributed by atoms with Gasteiger partial charge in [0.2, 0.25) is 0 Å². The summed E-state index contributed by atoms with van der Waals surface area (Å²) < 4.78 is 25.0. The molecule has 1 N–H and O–H groups in total. The molecule has 0 radical (unpaired) electrons. The molecule has 0 amide bonds. The average Bonchev–Trinajstić information content (AvgIpc) is 2.04. The van der Waals surface area contributed by atoms with Crippen LogP contribution in [0.25, 0.3) is 0 Å². The van der Waals surface area contributed by atoms with Gasteiger partial charge in [0, 0.05) is 0 Å². The Morgan fingerprint density at radius 3 is 2.77 bits per heavy atom. The molecule has 3 nitrogen and oxygen atoms in total. The largest absolute Gasteiger partial charge is 0.478 e. The standard InChI is InChI=1S/C8H7F2NO2/c1-4-6(2-9)11-3-5(10)7(4)8(12)13/h3H,2H2,1H3,(H,12,13). The molecule has 0 fully saturated rings. The average molecular weight is 187 g/mol. The number of hydrogen-bond acceptors (Lipinski definition) is 2. The third kappa shape index (κ3) is 1.63. The highest BCUT2D eigenvalue weighted by Crippen LogP contribution is 2.15. The van der Waals surface area contributed by atoms with E-state index in [-0.39, 0.29) is 11.3 Å². The summed E-state index contributed by atoms with van der Waals surface area (Å²) in [5.74, 6) is -2.35. The van der Waals surface area contributed by atoms with Crippen LogP contribution in [0.3, 0.4) is 0 Å². The molecule has 0 bridgehead atoms. The summed E-state index contributed by atoms with van der Waals surface area (Å²) in [5, 5.41) is 8.58. The smallest absolute Gasteiger partial charge is 0.339 e. The Hall–Kier alpha value is -1.52. The lowest BCUT2D eigenvalue weighted by Crippen LogP contribution is -2.07. The predicted molar refractivity (Wildman–Crippen MR) is 40.7 cm³/mol. The topological polar surface area (TPSA) is 50.2 Å². The summed E-state index contributed by atoms with van der Waals surface area (Å²) in [5.41, 5.74) is -0.517. The van der Waals surface area contributed by atoms with Gasteiger partial charge >= 0.3 is 5.97 Å². The van der Waals surface area contributed by atoms with Gasteiger partial charge in [-0.15, -0.1) is 0 Å². The Labute approximate surface area is 73.0 Å². The van der Waals surface area contributed by atoms with Crippen LogP contribution in [0.4, 0.5) is 8.78 Å². The van der Waals surface area contributed by atoms with Crippen LogP contribution in [0.15, 0.2) is 6.20 Å². The summed E-state index contributed by atoms with van der Waals surface area (Å²) in [6.45, 7) is 0.431. The number of pyridine rings is 1. The first kappa shape index (κ1) is 9.57. The Morgan fingerprint density at radius 1 is 1.69 bits per heavy atom. The van der Waals surface area contributed by atoms with E-state index < -0.39 is 24.0 Å². The normalized spacial score (nSPS) is 10.1. The predicted octanol–water partition coefficient (Wildman–Crippen LogP) is 1.70. The second kappa shape index (κ2) is 3.47. The SMILES string of the molecule is Cc1c(CF)ncc(F)c1C(=O)O. The molecule has 0 saturated carbocycles. The first-order valence-electron chi connectivity index (χ1n) is 3.51. The van der Waals surface area contributed by atoms with Crippen molar-refractivity contribution in [1.82, 2.24) is 4.98 Å². The van der Waals surface area contributed by atoms with Crippen LogP contribution in [-0.2, 0) is 6.67 Å². The van der Waals surface area contributed by atoms with Crippen molar-refractivity contribution in [2.75, 3.05) is 0 Å². The van der Waals surface area contributed by atoms with Crippen molar-refractivity contribution in [3.8, 4) is 0 Å². The van der Waals surface area contributed by atoms with E-state index in [2.05, 4.69) is 4.98 Å². The van der Waals surface area contributed by atoms with E-state index in [1.54, 1.807) is 0 Å². The van der Waals surface area contributed by atoms with Crippen LogP contribution in [-0.4, -0.2) is 16.1 Å². The molecule has 0 aliphatic heterocycles. The zero-order chi connectivity index (χ0) is 10.0. The van der Waals surface area contributed by atoms with Crippen LogP contribution in [0, 0.1) is 12.7 Å². The molecule has 1 rings (SSSR count). The van der Waals surface area contributed by atoms with Crippen LogP contribution in [0.1, 0.15) is 21.6 Å². The van der Waals surface area contributed by atoms with Gasteiger partial charge in [0.1, 0.15) is 12.2 Å². The minimum Gasteiger partial charge on any atom is -0.478 e. The Morgan fingerprint density at radius 2 is 2.31 bits per heavy atom. The van der Waals surface area contributed by atoms with Gasteiger partial charge in [-0.1, -0.05) is 0 Å². The summed E-state index contributed by atoms with van der Waals surface area (Å²) >= 11 is 0. The van der Waals surface area contributed by atoms with Gasteiger partial charge in [-0.25, -0.2) is 13.6 Å². The lowest BCUT2D eigenvalue weighted by atomic mass is 10.1. The van der Waals surface area contributed by atoms with Crippen molar-refractivity contribution >= 4 is 5.97 Å². The summed E-state index contributed by atoms with van der Waals surface area (Å²) in [7, 11) is 0. The Bertz CT molecular complexity index is 352. The monoisotopic (exact) mass is 187 g/mol. The van der Waals surface area contributed by atoms with Crippen molar-refractivity contribution in [3.05, 3.63) is 28.8 Å². The molecule has 0 atom stereocenters. The lowest BCUT2D eigenvalue weighted by Gasteiger charge is -2.04. The van der Waals surface area contributed by atoms with Crippen molar-refractivity contribution in [2.45, 2.75) is 13.6 Å². The zero-order valence-corrected chi connectivity index (χ0v) is 6.84. The Balaban J connectivity index is 3.38. The van der Waals surface area contributed by atoms with E-state index in [0.29, 0.717) is 6.20 Å². The number of carboxylic acid groups (broad SMARTS) is 1. The fourth-order valence-corrected chi connectivity index (χ4v) is 1.02. The van der Waals surface area contributed by atoms with Gasteiger partial charge in [0.25, 0.3) is 0 Å². The molecule has 0 saturated heterocycles. The quantitative estimate of drug-likeness (QED) is 0.766. The number of hydrogen-bond donors (Lipinski definition) is 1. The lowest BCUT2D eigenvalue weighted by molar-refractivity contribution is 0.0690. The van der Waals surface area contributed by atoms with Crippen LogP contribution >= 0.6 is 0 Å². The van der Waals surface area contributed by atoms with E-state index in [0.717, 1.165) is 0 Å². The van der Waals surface area contributed by atoms with Gasteiger partial charge in [0.15, 0.2) is 5.82 Å². The molecule has 0 spiro atoms. The molecule has 0 aliphatic carbocycles. The van der Waals surface area contributed by atoms with Crippen LogP contribution in [0.2, 0.25) is 0 Å². The van der Waals surface area contributed by atoms with Gasteiger partial charge < -0.3 is 5.11 Å². The maximum Gasteiger partial charge on any atom is 0.339 e. The first-order valence-corrected chi connectivity index (χ1v) is 3.51. The van der Waals surface area contributed by atoms with Crippen molar-refractivity contribution in [2.24, 2.45) is 0 Å². The molecule has 1 heterocycles. The highest BCUT2D eigenvalue weighted by molar-refractivity contribution is 5.89. The maximum atomic E-state index is 12.9. The van der Waals surface area contributed by atoms with Gasteiger partial charge in [0.05, 0.1) is 11.9 Å². The first-order chi connectivity index (χ1) is 6.07. The highest BCUT2D eigenvalue weighted by atomic mass is 19.1. The van der Waals surface area contributed by atoms with Crippen molar-refractivity contribution < 1.29 is 18.7 Å². The van der Waals surface area contributed by atoms with Crippen LogP contribution in [0.5, 0.6) is 0 Å². The maximum absolute atomic E-state index is 12.9. The van der Waals surface area contributed by atoms with Crippen molar-refractivity contribution in [3.63, 3.8) is 0 Å². The second-order valence-electron chi connectivity index (χ2n) is 2.49. The van der Waals surface area contributed by atoms with E-state index in [9.17, 15) is 13.6 Å². The third-order valence-electron chi connectivity index (χ3n) is 1.72. The third-order valence-corrected chi connectivity index (χ3v) is 1.72. The molecular weight excluding hydrogens is 180 g/mol. The number of rotatable bonds is 2. The number of carbonyl (C=O) groups is 1. The molecule has 13 heavy (non-hydrogen) atoms. The van der Waals surface area contributed by atoms with Crippen LogP contribution < -0.4 is 0 Å². The molecule has 0 aromatic carbocycles. The van der Waals surface area contributed by atoms with Gasteiger partial charge in [-0.05, 0) is 12.5 Å². The molecule has 1 aromatic rings. The number of aromatic carboxylic acids is 1. The number of halogens is 2. The molecule has 0 aliphatic rings. The molecule has 1 aromatic heterocycles. The van der Waals surface area contributed by atoms with E-state index in [4.69, 9.17) is 5.11 Å². The molecular formula is C8H7F2NO2. The van der Waals surface area contributed by atoms with Gasteiger partial charge in [-0.3, -0.25) is 4.98 Å². The minimum atomic E-state index is -1.41. The number of alkyl halides is 1. The van der Waals surface area contributed by atoms with E-state index in [1.165, 1.54) is 6.92 Å². The number of nitrogens with zero attached hydrogens (tertiary/aromatic N) is 1. The molecule has 70 valence electrons. The van der Waals surface area contributed by atoms with E-state index in [1.807, 2.05) is 0 Å². The highest BCUT2D eigenvalue weighted by Gasteiger charge is 2.16. The minimum absolute atomic E-state index is 0.0370. The van der Waals surface area contributed by atoms with Crippen molar-refractivity contribution in [1.29, 1.82) is 0 Å². The number of aromatic nitrogens is 1. The second-order valence-corrected chi connectivity index (χ2v) is 2.49. The zero-order valence-electron chi connectivity index (χ0n) is 6.84. The fraction of sp³-hybridized carbons (Fsp3) is 0.250. The summed E-state index contributed by atoms with van der Waals surface area (Å²) in [6.07, 6.45) is 0.714. The van der Waals surface area contributed by atoms with Gasteiger partial charge in [-0.2, -0.15) is 0 Å².